The van der Waals surface area contributed by atoms with Crippen molar-refractivity contribution in [3.8, 4) is 0 Å². The molecule has 0 aromatic heterocycles. The van der Waals surface area contributed by atoms with Gasteiger partial charge in [0.2, 0.25) is 0 Å². The fraction of sp³-hybridized carbons (Fsp3) is 0.278. The van der Waals surface area contributed by atoms with Gasteiger partial charge < -0.3 is 10.2 Å². The number of piperazine rings is 1. The van der Waals surface area contributed by atoms with E-state index in [0.717, 1.165) is 42.0 Å². The summed E-state index contributed by atoms with van der Waals surface area (Å²) < 4.78 is 1.16. The quantitative estimate of drug-likeness (QED) is 0.769. The Hall–Kier alpha value is -1.60. The van der Waals surface area contributed by atoms with Gasteiger partial charge in [-0.15, -0.1) is 0 Å². The normalized spacial score (nSPS) is 15.4. The fourth-order valence-electron chi connectivity index (χ4n) is 2.69. The molecule has 0 unspecified atom stereocenters. The summed E-state index contributed by atoms with van der Waals surface area (Å²) in [5, 5.41) is 2.97. The van der Waals surface area contributed by atoms with Crippen LogP contribution in [0.15, 0.2) is 54.6 Å². The standard InChI is InChI=1S/C18H20IN3O/c19-16-6-8-17(9-7-16)20-18(23)22-12-10-21(11-13-22)14-15-4-2-1-3-5-15/h1-9H,10-14H2,(H,20,23). The van der Waals surface area contributed by atoms with E-state index in [-0.39, 0.29) is 6.03 Å². The number of hydrogen-bond acceptors (Lipinski definition) is 2. The number of carbonyl (C=O) groups excluding carboxylic acids is 1. The third kappa shape index (κ3) is 4.68. The lowest BCUT2D eigenvalue weighted by atomic mass is 10.2. The van der Waals surface area contributed by atoms with Crippen LogP contribution in [0, 0.1) is 3.57 Å². The molecule has 1 heterocycles. The molecule has 2 amide bonds. The summed E-state index contributed by atoms with van der Waals surface area (Å²) in [7, 11) is 0. The molecule has 2 aromatic rings. The maximum absolute atomic E-state index is 12.3. The summed E-state index contributed by atoms with van der Waals surface area (Å²) in [5.74, 6) is 0. The molecule has 0 atom stereocenters. The predicted octanol–water partition coefficient (Wildman–Crippen LogP) is 3.64. The monoisotopic (exact) mass is 421 g/mol. The lowest BCUT2D eigenvalue weighted by molar-refractivity contribution is 0.143. The maximum atomic E-state index is 12.3. The molecule has 0 radical (unpaired) electrons. The fourth-order valence-corrected chi connectivity index (χ4v) is 3.05. The second-order valence-electron chi connectivity index (χ2n) is 5.69. The summed E-state index contributed by atoms with van der Waals surface area (Å²) >= 11 is 2.26. The van der Waals surface area contributed by atoms with Crippen molar-refractivity contribution in [2.45, 2.75) is 6.54 Å². The van der Waals surface area contributed by atoms with Crippen molar-refractivity contribution in [2.24, 2.45) is 0 Å². The van der Waals surface area contributed by atoms with Gasteiger partial charge in [-0.05, 0) is 52.4 Å². The molecule has 5 heteroatoms. The number of rotatable bonds is 3. The average Bonchev–Trinajstić information content (AvgIpc) is 2.58. The molecule has 2 aromatic carbocycles. The van der Waals surface area contributed by atoms with Gasteiger partial charge >= 0.3 is 6.03 Å². The van der Waals surface area contributed by atoms with E-state index in [1.54, 1.807) is 0 Å². The Morgan fingerprint density at radius 1 is 0.957 bits per heavy atom. The van der Waals surface area contributed by atoms with Gasteiger partial charge in [-0.1, -0.05) is 30.3 Å². The van der Waals surface area contributed by atoms with Gasteiger partial charge in [-0.2, -0.15) is 0 Å². The van der Waals surface area contributed by atoms with Crippen LogP contribution in [0.1, 0.15) is 5.56 Å². The lowest BCUT2D eigenvalue weighted by Gasteiger charge is -2.34. The number of anilines is 1. The number of benzene rings is 2. The van der Waals surface area contributed by atoms with Gasteiger partial charge in [0.1, 0.15) is 0 Å². The number of nitrogens with one attached hydrogen (secondary N) is 1. The highest BCUT2D eigenvalue weighted by Crippen LogP contribution is 2.13. The zero-order valence-corrected chi connectivity index (χ0v) is 15.1. The number of nitrogens with zero attached hydrogens (tertiary/aromatic N) is 2. The highest BCUT2D eigenvalue weighted by Gasteiger charge is 2.21. The molecule has 1 saturated heterocycles. The zero-order valence-electron chi connectivity index (χ0n) is 12.9. The first kappa shape index (κ1) is 16.3. The SMILES string of the molecule is O=C(Nc1ccc(I)cc1)N1CCN(Cc2ccccc2)CC1. The van der Waals surface area contributed by atoms with E-state index in [2.05, 4.69) is 57.1 Å². The van der Waals surface area contributed by atoms with Crippen LogP contribution in [0.5, 0.6) is 0 Å². The van der Waals surface area contributed by atoms with E-state index in [1.165, 1.54) is 5.56 Å². The van der Waals surface area contributed by atoms with Crippen LogP contribution in [0.4, 0.5) is 10.5 Å². The van der Waals surface area contributed by atoms with E-state index in [4.69, 9.17) is 0 Å². The van der Waals surface area contributed by atoms with Crippen molar-refractivity contribution in [1.29, 1.82) is 0 Å². The molecule has 1 aliphatic heterocycles. The van der Waals surface area contributed by atoms with Crippen molar-refractivity contribution in [3.63, 3.8) is 0 Å². The topological polar surface area (TPSA) is 35.6 Å². The Labute approximate surface area is 150 Å². The minimum Gasteiger partial charge on any atom is -0.322 e. The molecule has 1 N–H and O–H groups in total. The van der Waals surface area contributed by atoms with E-state index < -0.39 is 0 Å². The van der Waals surface area contributed by atoms with Crippen molar-refractivity contribution in [1.82, 2.24) is 9.80 Å². The highest BCUT2D eigenvalue weighted by atomic mass is 127. The van der Waals surface area contributed by atoms with Gasteiger partial charge in [-0.3, -0.25) is 4.90 Å². The van der Waals surface area contributed by atoms with E-state index in [9.17, 15) is 4.79 Å². The number of halogens is 1. The summed E-state index contributed by atoms with van der Waals surface area (Å²) in [6.07, 6.45) is 0. The Balaban J connectivity index is 1.48. The summed E-state index contributed by atoms with van der Waals surface area (Å²) in [5.41, 5.74) is 2.17. The van der Waals surface area contributed by atoms with E-state index in [0.29, 0.717) is 0 Å². The Morgan fingerprint density at radius 2 is 1.61 bits per heavy atom. The summed E-state index contributed by atoms with van der Waals surface area (Å²) in [6.45, 7) is 4.31. The first-order valence-corrected chi connectivity index (χ1v) is 8.86. The number of urea groups is 1. The van der Waals surface area contributed by atoms with Gasteiger partial charge in [0.15, 0.2) is 0 Å². The van der Waals surface area contributed by atoms with E-state index in [1.807, 2.05) is 35.2 Å². The number of carbonyl (C=O) groups is 1. The second-order valence-corrected chi connectivity index (χ2v) is 6.93. The maximum Gasteiger partial charge on any atom is 0.321 e. The number of hydrogen-bond donors (Lipinski definition) is 1. The van der Waals surface area contributed by atoms with Crippen molar-refractivity contribution >= 4 is 34.3 Å². The minimum absolute atomic E-state index is 0.00873. The third-order valence-electron chi connectivity index (χ3n) is 4.00. The molecule has 1 fully saturated rings. The summed E-state index contributed by atoms with van der Waals surface area (Å²) in [4.78, 5) is 16.6. The minimum atomic E-state index is -0.00873. The first-order valence-electron chi connectivity index (χ1n) is 7.78. The molecule has 0 bridgehead atoms. The van der Waals surface area contributed by atoms with Gasteiger partial charge in [0, 0.05) is 42.0 Å². The highest BCUT2D eigenvalue weighted by molar-refractivity contribution is 14.1. The van der Waals surface area contributed by atoms with Gasteiger partial charge in [0.25, 0.3) is 0 Å². The van der Waals surface area contributed by atoms with Gasteiger partial charge in [-0.25, -0.2) is 4.79 Å². The first-order chi connectivity index (χ1) is 11.2. The van der Waals surface area contributed by atoms with Crippen molar-refractivity contribution in [2.75, 3.05) is 31.5 Å². The predicted molar refractivity (Wildman–Crippen MR) is 101 cm³/mol. The van der Waals surface area contributed by atoms with Crippen LogP contribution in [0.25, 0.3) is 0 Å². The molecule has 0 saturated carbocycles. The molecule has 0 aliphatic carbocycles. The molecule has 0 spiro atoms. The zero-order chi connectivity index (χ0) is 16.1. The molecule has 4 nitrogen and oxygen atoms in total. The van der Waals surface area contributed by atoms with Crippen LogP contribution in [-0.2, 0) is 6.54 Å². The molecule has 3 rings (SSSR count). The lowest BCUT2D eigenvalue weighted by Crippen LogP contribution is -2.49. The van der Waals surface area contributed by atoms with Crippen LogP contribution in [-0.4, -0.2) is 42.0 Å². The second kappa shape index (κ2) is 7.79. The largest absolute Gasteiger partial charge is 0.322 e. The smallest absolute Gasteiger partial charge is 0.321 e. The van der Waals surface area contributed by atoms with Gasteiger partial charge in [0.05, 0.1) is 0 Å². The Bertz CT molecular complexity index is 637. The van der Waals surface area contributed by atoms with E-state index >= 15 is 0 Å². The third-order valence-corrected chi connectivity index (χ3v) is 4.72. The molecular weight excluding hydrogens is 401 g/mol. The van der Waals surface area contributed by atoms with Crippen molar-refractivity contribution in [3.05, 3.63) is 63.7 Å². The van der Waals surface area contributed by atoms with Crippen LogP contribution in [0.3, 0.4) is 0 Å². The molecule has 1 aliphatic rings. The van der Waals surface area contributed by atoms with Crippen molar-refractivity contribution < 1.29 is 4.79 Å². The average molecular weight is 421 g/mol. The molecular formula is C18H20IN3O. The van der Waals surface area contributed by atoms with Crippen LogP contribution >= 0.6 is 22.6 Å². The molecule has 23 heavy (non-hydrogen) atoms. The molecule has 120 valence electrons. The Kier molecular flexibility index (Phi) is 5.51. The summed E-state index contributed by atoms with van der Waals surface area (Å²) in [6, 6.07) is 18.3. The number of amides is 2. The van der Waals surface area contributed by atoms with Crippen LogP contribution < -0.4 is 5.32 Å². The van der Waals surface area contributed by atoms with Crippen LogP contribution in [0.2, 0.25) is 0 Å². The Morgan fingerprint density at radius 3 is 2.26 bits per heavy atom.